The Morgan fingerprint density at radius 1 is 1.54 bits per heavy atom. The Kier molecular flexibility index (Phi) is 3.94. The molecule has 0 aromatic heterocycles. The highest BCUT2D eigenvalue weighted by atomic mass is 32.1. The maximum absolute atomic E-state index is 8.31. The maximum atomic E-state index is 8.31. The molecule has 0 saturated heterocycles. The van der Waals surface area contributed by atoms with Gasteiger partial charge in [0.05, 0.1) is 12.0 Å². The van der Waals surface area contributed by atoms with Crippen LogP contribution >= 0.6 is 12.6 Å². The van der Waals surface area contributed by atoms with Gasteiger partial charge in [0.2, 0.25) is 0 Å². The van der Waals surface area contributed by atoms with E-state index in [9.17, 15) is 0 Å². The number of oxime groups is 1. The molecular weight excluding hydrogens is 182 g/mol. The quantitative estimate of drug-likeness (QED) is 0.229. The van der Waals surface area contributed by atoms with Crippen LogP contribution in [0.4, 0.5) is 0 Å². The van der Waals surface area contributed by atoms with Crippen LogP contribution < -0.4 is 0 Å². The molecule has 1 rings (SSSR count). The molecule has 0 aliphatic carbocycles. The molecule has 0 spiro atoms. The first kappa shape index (κ1) is 9.69. The average Bonchev–Trinajstić information content (AvgIpc) is 2.16. The van der Waals surface area contributed by atoms with E-state index in [1.807, 2.05) is 24.3 Å². The predicted molar refractivity (Wildman–Crippen MR) is 56.6 cm³/mol. The van der Waals surface area contributed by atoms with Crippen molar-refractivity contribution in [2.45, 2.75) is 0 Å². The lowest BCUT2D eigenvalue weighted by molar-refractivity contribution is 0.322. The van der Waals surface area contributed by atoms with Gasteiger partial charge in [0, 0.05) is 5.56 Å². The van der Waals surface area contributed by atoms with Crippen LogP contribution in [0.3, 0.4) is 0 Å². The fourth-order valence-corrected chi connectivity index (χ4v) is 0.984. The minimum Gasteiger partial charge on any atom is -0.411 e. The predicted octanol–water partition coefficient (Wildman–Crippen LogP) is 1.78. The van der Waals surface area contributed by atoms with Gasteiger partial charge in [-0.3, -0.25) is 0 Å². The fourth-order valence-electron chi connectivity index (χ4n) is 0.905. The van der Waals surface area contributed by atoms with E-state index in [4.69, 9.17) is 5.21 Å². The largest absolute Gasteiger partial charge is 0.411 e. The molecule has 1 N–H and O–H groups in total. The number of thiol groups is 1. The van der Waals surface area contributed by atoms with E-state index in [0.717, 1.165) is 11.1 Å². The highest BCUT2D eigenvalue weighted by Crippen LogP contribution is 2.01. The molecule has 0 saturated carbocycles. The van der Waals surface area contributed by atoms with E-state index >= 15 is 0 Å². The van der Waals surface area contributed by atoms with Gasteiger partial charge in [-0.15, -0.1) is 0 Å². The Labute approximate surface area is 82.7 Å². The molecule has 0 bridgehead atoms. The molecule has 0 fully saturated rings. The van der Waals surface area contributed by atoms with Crippen molar-refractivity contribution in [3.05, 3.63) is 35.4 Å². The summed E-state index contributed by atoms with van der Waals surface area (Å²) in [6.45, 7) is 0. The lowest BCUT2D eigenvalue weighted by Crippen LogP contribution is -1.82. The zero-order chi connectivity index (χ0) is 9.52. The summed E-state index contributed by atoms with van der Waals surface area (Å²) in [6.07, 6.45) is 1.37. The van der Waals surface area contributed by atoms with Crippen LogP contribution in [0.15, 0.2) is 29.4 Å². The van der Waals surface area contributed by atoms with Crippen molar-refractivity contribution >= 4 is 18.8 Å². The van der Waals surface area contributed by atoms with Crippen LogP contribution in [0.2, 0.25) is 0 Å². The second kappa shape index (κ2) is 5.28. The van der Waals surface area contributed by atoms with E-state index in [1.54, 1.807) is 0 Å². The van der Waals surface area contributed by atoms with Crippen molar-refractivity contribution in [3.8, 4) is 11.8 Å². The topological polar surface area (TPSA) is 32.6 Å². The SMILES string of the molecule is ON=Cc1cccc(C#CCS)c1. The van der Waals surface area contributed by atoms with Crippen molar-refractivity contribution in [2.75, 3.05) is 5.75 Å². The molecule has 66 valence electrons. The molecule has 0 atom stereocenters. The molecule has 0 heterocycles. The van der Waals surface area contributed by atoms with Crippen molar-refractivity contribution < 1.29 is 5.21 Å². The first-order chi connectivity index (χ1) is 6.36. The second-order valence-corrected chi connectivity index (χ2v) is 2.65. The van der Waals surface area contributed by atoms with Gasteiger partial charge in [0.15, 0.2) is 0 Å². The Bertz CT molecular complexity index is 363. The van der Waals surface area contributed by atoms with Crippen molar-refractivity contribution in [2.24, 2.45) is 5.16 Å². The number of hydrogen-bond acceptors (Lipinski definition) is 3. The number of benzene rings is 1. The van der Waals surface area contributed by atoms with Gasteiger partial charge in [0.1, 0.15) is 0 Å². The minimum absolute atomic E-state index is 0.540. The standard InChI is InChI=1S/C10H9NOS/c12-11-8-10-4-1-3-9(7-10)5-2-6-13/h1,3-4,7-8,12-13H,6H2. The highest BCUT2D eigenvalue weighted by Gasteiger charge is 1.89. The highest BCUT2D eigenvalue weighted by molar-refractivity contribution is 7.80. The molecule has 0 radical (unpaired) electrons. The summed E-state index contributed by atoms with van der Waals surface area (Å²) in [7, 11) is 0. The molecular formula is C10H9NOS. The van der Waals surface area contributed by atoms with Crippen LogP contribution in [0.5, 0.6) is 0 Å². The summed E-state index contributed by atoms with van der Waals surface area (Å²) in [5, 5.41) is 11.2. The number of rotatable bonds is 1. The summed E-state index contributed by atoms with van der Waals surface area (Å²) < 4.78 is 0. The Morgan fingerprint density at radius 2 is 2.38 bits per heavy atom. The first-order valence-electron chi connectivity index (χ1n) is 3.74. The molecule has 0 aliphatic rings. The van der Waals surface area contributed by atoms with Crippen LogP contribution in [-0.2, 0) is 0 Å². The van der Waals surface area contributed by atoms with Gasteiger partial charge in [0.25, 0.3) is 0 Å². The van der Waals surface area contributed by atoms with Gasteiger partial charge in [-0.25, -0.2) is 0 Å². The molecule has 2 nitrogen and oxygen atoms in total. The van der Waals surface area contributed by atoms with E-state index in [2.05, 4.69) is 29.6 Å². The average molecular weight is 191 g/mol. The summed E-state index contributed by atoms with van der Waals surface area (Å²) >= 11 is 3.98. The molecule has 1 aromatic carbocycles. The van der Waals surface area contributed by atoms with E-state index in [-0.39, 0.29) is 0 Å². The second-order valence-electron chi connectivity index (χ2n) is 2.33. The molecule has 0 aliphatic heterocycles. The van der Waals surface area contributed by atoms with Crippen LogP contribution in [0.1, 0.15) is 11.1 Å². The third-order valence-corrected chi connectivity index (χ3v) is 1.56. The van der Waals surface area contributed by atoms with Gasteiger partial charge in [-0.1, -0.05) is 29.1 Å². The lowest BCUT2D eigenvalue weighted by Gasteiger charge is -1.92. The maximum Gasteiger partial charge on any atom is 0.0734 e. The fraction of sp³-hybridized carbons (Fsp3) is 0.100. The van der Waals surface area contributed by atoms with Crippen molar-refractivity contribution in [1.29, 1.82) is 0 Å². The lowest BCUT2D eigenvalue weighted by atomic mass is 10.1. The number of hydrogen-bond donors (Lipinski definition) is 2. The minimum atomic E-state index is 0.540. The number of nitrogens with zero attached hydrogens (tertiary/aromatic N) is 1. The summed E-state index contributed by atoms with van der Waals surface area (Å²) in [5.74, 6) is 6.30. The van der Waals surface area contributed by atoms with Crippen molar-refractivity contribution in [3.63, 3.8) is 0 Å². The van der Waals surface area contributed by atoms with Crippen LogP contribution in [0, 0.1) is 11.8 Å². The normalized spacial score (nSPS) is 9.62. The molecule has 0 amide bonds. The zero-order valence-corrected chi connectivity index (χ0v) is 7.83. The van der Waals surface area contributed by atoms with Gasteiger partial charge in [-0.05, 0) is 17.7 Å². The first-order valence-corrected chi connectivity index (χ1v) is 4.37. The summed E-state index contributed by atoms with van der Waals surface area (Å²) in [4.78, 5) is 0. The monoisotopic (exact) mass is 191 g/mol. The van der Waals surface area contributed by atoms with Gasteiger partial charge in [-0.2, -0.15) is 12.6 Å². The van der Waals surface area contributed by atoms with Gasteiger partial charge < -0.3 is 5.21 Å². The summed E-state index contributed by atoms with van der Waals surface area (Å²) in [6, 6.07) is 7.44. The Morgan fingerprint density at radius 3 is 3.08 bits per heavy atom. The van der Waals surface area contributed by atoms with E-state index in [0.29, 0.717) is 5.75 Å². The Hall–Kier alpha value is -1.40. The van der Waals surface area contributed by atoms with Crippen LogP contribution in [0.25, 0.3) is 0 Å². The smallest absolute Gasteiger partial charge is 0.0734 e. The summed E-state index contributed by atoms with van der Waals surface area (Å²) in [5.41, 5.74) is 1.72. The van der Waals surface area contributed by atoms with Crippen molar-refractivity contribution in [1.82, 2.24) is 0 Å². The Balaban J connectivity index is 2.91. The molecule has 3 heteroatoms. The third kappa shape index (κ3) is 3.22. The molecule has 0 unspecified atom stereocenters. The third-order valence-electron chi connectivity index (χ3n) is 1.41. The van der Waals surface area contributed by atoms with Crippen LogP contribution in [-0.4, -0.2) is 17.2 Å². The molecule has 13 heavy (non-hydrogen) atoms. The van der Waals surface area contributed by atoms with Gasteiger partial charge >= 0.3 is 0 Å². The van der Waals surface area contributed by atoms with E-state index in [1.165, 1.54) is 6.21 Å². The van der Waals surface area contributed by atoms with E-state index < -0.39 is 0 Å². The molecule has 1 aromatic rings. The zero-order valence-electron chi connectivity index (χ0n) is 6.94.